The van der Waals surface area contributed by atoms with E-state index in [4.69, 9.17) is 9.72 Å². The predicted molar refractivity (Wildman–Crippen MR) is 136 cm³/mol. The van der Waals surface area contributed by atoms with Crippen molar-refractivity contribution in [2.24, 2.45) is 5.92 Å². The molecular weight excluding hydrogens is 432 g/mol. The first-order valence-corrected chi connectivity index (χ1v) is 12.6. The molecule has 1 amide bonds. The Morgan fingerprint density at radius 1 is 0.970 bits per heavy atom. The average Bonchev–Trinajstić information content (AvgIpc) is 3.28. The number of thiazole rings is 1. The highest BCUT2D eigenvalue weighted by molar-refractivity contribution is 7.22. The molecule has 2 aromatic carbocycles. The van der Waals surface area contributed by atoms with E-state index in [9.17, 15) is 4.79 Å². The van der Waals surface area contributed by atoms with Gasteiger partial charge in [-0.25, -0.2) is 4.98 Å². The van der Waals surface area contributed by atoms with Gasteiger partial charge in [-0.05, 0) is 62.1 Å². The van der Waals surface area contributed by atoms with Crippen LogP contribution in [-0.2, 0) is 4.79 Å². The number of fused-ring (bicyclic) bond motifs is 1. The molecule has 174 valence electrons. The van der Waals surface area contributed by atoms with Gasteiger partial charge in [-0.2, -0.15) is 0 Å². The molecule has 0 unspecified atom stereocenters. The maximum Gasteiger partial charge on any atom is 0.225 e. The molecule has 7 heteroatoms. The second kappa shape index (κ2) is 9.21. The number of aryl methyl sites for hydroxylation is 2. The molecule has 0 bridgehead atoms. The van der Waals surface area contributed by atoms with Gasteiger partial charge in [0.05, 0.1) is 17.3 Å². The molecule has 0 aliphatic carbocycles. The van der Waals surface area contributed by atoms with E-state index in [0.29, 0.717) is 5.91 Å². The van der Waals surface area contributed by atoms with Crippen LogP contribution in [0.5, 0.6) is 5.75 Å². The van der Waals surface area contributed by atoms with Crippen LogP contribution in [0.3, 0.4) is 0 Å². The number of benzene rings is 2. The van der Waals surface area contributed by atoms with E-state index in [-0.39, 0.29) is 5.92 Å². The number of piperidine rings is 1. The number of hydrogen-bond acceptors (Lipinski definition) is 6. The lowest BCUT2D eigenvalue weighted by molar-refractivity contribution is -0.136. The summed E-state index contributed by atoms with van der Waals surface area (Å²) in [5, 5.41) is 1.05. The van der Waals surface area contributed by atoms with Crippen LogP contribution in [-0.4, -0.2) is 62.2 Å². The van der Waals surface area contributed by atoms with Crippen molar-refractivity contribution >= 4 is 38.3 Å². The minimum atomic E-state index is 0.128. The number of methoxy groups -OCH3 is 1. The summed E-state index contributed by atoms with van der Waals surface area (Å²) in [7, 11) is 1.69. The first-order valence-electron chi connectivity index (χ1n) is 11.8. The normalized spacial score (nSPS) is 17.6. The lowest BCUT2D eigenvalue weighted by atomic mass is 9.95. The van der Waals surface area contributed by atoms with E-state index in [0.717, 1.165) is 73.2 Å². The van der Waals surface area contributed by atoms with Gasteiger partial charge in [0.15, 0.2) is 5.13 Å². The van der Waals surface area contributed by atoms with Crippen molar-refractivity contribution in [3.05, 3.63) is 47.5 Å². The van der Waals surface area contributed by atoms with Gasteiger partial charge in [0.2, 0.25) is 5.91 Å². The number of anilines is 2. The first-order chi connectivity index (χ1) is 16.0. The minimum absolute atomic E-state index is 0.128. The van der Waals surface area contributed by atoms with Gasteiger partial charge in [0.1, 0.15) is 5.75 Å². The van der Waals surface area contributed by atoms with Gasteiger partial charge in [0, 0.05) is 50.9 Å². The van der Waals surface area contributed by atoms with E-state index in [1.165, 1.54) is 16.8 Å². The number of amides is 1. The van der Waals surface area contributed by atoms with Crippen LogP contribution in [0.15, 0.2) is 36.4 Å². The van der Waals surface area contributed by atoms with Crippen molar-refractivity contribution in [2.45, 2.75) is 26.7 Å². The van der Waals surface area contributed by atoms with Crippen molar-refractivity contribution in [2.75, 3.05) is 56.2 Å². The van der Waals surface area contributed by atoms with Crippen molar-refractivity contribution in [1.82, 2.24) is 9.88 Å². The number of rotatable bonds is 4. The molecule has 2 fully saturated rings. The summed E-state index contributed by atoms with van der Waals surface area (Å²) in [5.41, 5.74) is 4.91. The van der Waals surface area contributed by atoms with Crippen molar-refractivity contribution < 1.29 is 9.53 Å². The third-order valence-corrected chi connectivity index (χ3v) is 8.07. The third kappa shape index (κ3) is 4.51. The lowest BCUT2D eigenvalue weighted by Gasteiger charge is -2.39. The molecule has 0 radical (unpaired) electrons. The van der Waals surface area contributed by atoms with Gasteiger partial charge in [-0.1, -0.05) is 23.5 Å². The summed E-state index contributed by atoms with van der Waals surface area (Å²) >= 11 is 1.71. The van der Waals surface area contributed by atoms with E-state index in [1.54, 1.807) is 18.4 Å². The fraction of sp³-hybridized carbons (Fsp3) is 0.462. The molecular formula is C26H32N4O2S. The number of piperazine rings is 1. The molecule has 3 heterocycles. The predicted octanol–water partition coefficient (Wildman–Crippen LogP) is 4.49. The van der Waals surface area contributed by atoms with Gasteiger partial charge in [-0.15, -0.1) is 0 Å². The van der Waals surface area contributed by atoms with Gasteiger partial charge >= 0.3 is 0 Å². The average molecular weight is 465 g/mol. The molecule has 0 N–H and O–H groups in total. The Morgan fingerprint density at radius 3 is 2.45 bits per heavy atom. The highest BCUT2D eigenvalue weighted by Crippen LogP contribution is 2.34. The van der Waals surface area contributed by atoms with Crippen LogP contribution in [0.4, 0.5) is 10.8 Å². The standard InChI is InChI=1S/C26H32N4O2S/c1-18-4-5-19(2)23(16-18)28-12-14-29(15-13-28)25(31)20-8-10-30(11-9-20)26-27-22-7-6-21(32-3)17-24(22)33-26/h4-7,16-17,20H,8-15H2,1-3H3. The highest BCUT2D eigenvalue weighted by atomic mass is 32.1. The topological polar surface area (TPSA) is 48.9 Å². The van der Waals surface area contributed by atoms with Crippen molar-refractivity contribution in [3.63, 3.8) is 0 Å². The van der Waals surface area contributed by atoms with Crippen LogP contribution in [0.1, 0.15) is 24.0 Å². The monoisotopic (exact) mass is 464 g/mol. The quantitative estimate of drug-likeness (QED) is 0.570. The summed E-state index contributed by atoms with van der Waals surface area (Å²) in [6.07, 6.45) is 1.80. The van der Waals surface area contributed by atoms with E-state index < -0.39 is 0 Å². The van der Waals surface area contributed by atoms with Crippen molar-refractivity contribution in [1.29, 1.82) is 0 Å². The second-order valence-corrected chi connectivity index (χ2v) is 10.2. The Balaban J connectivity index is 1.16. The molecule has 2 saturated heterocycles. The zero-order valence-electron chi connectivity index (χ0n) is 19.7. The first kappa shape index (κ1) is 22.0. The van der Waals surface area contributed by atoms with E-state index in [1.807, 2.05) is 18.2 Å². The molecule has 2 aliphatic rings. The van der Waals surface area contributed by atoms with Gasteiger partial charge < -0.3 is 19.4 Å². The van der Waals surface area contributed by atoms with Crippen LogP contribution in [0.25, 0.3) is 10.2 Å². The van der Waals surface area contributed by atoms with Gasteiger partial charge in [0.25, 0.3) is 0 Å². The zero-order chi connectivity index (χ0) is 22.9. The van der Waals surface area contributed by atoms with Gasteiger partial charge in [-0.3, -0.25) is 4.79 Å². The van der Waals surface area contributed by atoms with Crippen LogP contribution >= 0.6 is 11.3 Å². The lowest BCUT2D eigenvalue weighted by Crippen LogP contribution is -2.51. The molecule has 0 spiro atoms. The summed E-state index contributed by atoms with van der Waals surface area (Å²) in [4.78, 5) is 24.9. The summed E-state index contributed by atoms with van der Waals surface area (Å²) in [5.74, 6) is 1.33. The second-order valence-electron chi connectivity index (χ2n) is 9.19. The molecule has 5 rings (SSSR count). The maximum absolute atomic E-state index is 13.2. The van der Waals surface area contributed by atoms with Crippen molar-refractivity contribution in [3.8, 4) is 5.75 Å². The molecule has 0 saturated carbocycles. The van der Waals surface area contributed by atoms with Crippen LogP contribution in [0.2, 0.25) is 0 Å². The fourth-order valence-electron chi connectivity index (χ4n) is 4.96. The van der Waals surface area contributed by atoms with E-state index in [2.05, 4.69) is 46.7 Å². The number of hydrogen-bond donors (Lipinski definition) is 0. The van der Waals surface area contributed by atoms with Crippen LogP contribution < -0.4 is 14.5 Å². The summed E-state index contributed by atoms with van der Waals surface area (Å²) in [6.45, 7) is 9.51. The molecule has 1 aromatic heterocycles. The minimum Gasteiger partial charge on any atom is -0.497 e. The Hall–Kier alpha value is -2.80. The maximum atomic E-state index is 13.2. The molecule has 2 aliphatic heterocycles. The summed E-state index contributed by atoms with van der Waals surface area (Å²) < 4.78 is 6.48. The number of ether oxygens (including phenoxy) is 1. The van der Waals surface area contributed by atoms with Crippen LogP contribution in [0, 0.1) is 19.8 Å². The smallest absolute Gasteiger partial charge is 0.225 e. The van der Waals surface area contributed by atoms with E-state index >= 15 is 0 Å². The molecule has 6 nitrogen and oxygen atoms in total. The SMILES string of the molecule is COc1ccc2nc(N3CCC(C(=O)N4CCN(c5cc(C)ccc5C)CC4)CC3)sc2c1. The Morgan fingerprint density at radius 2 is 1.73 bits per heavy atom. The Kier molecular flexibility index (Phi) is 6.15. The molecule has 0 atom stereocenters. The third-order valence-electron chi connectivity index (χ3n) is 7.00. The number of aromatic nitrogens is 1. The Labute approximate surface area is 199 Å². The zero-order valence-corrected chi connectivity index (χ0v) is 20.5. The highest BCUT2D eigenvalue weighted by Gasteiger charge is 2.31. The summed E-state index contributed by atoms with van der Waals surface area (Å²) in [6, 6.07) is 12.6. The molecule has 3 aromatic rings. The molecule has 33 heavy (non-hydrogen) atoms. The Bertz CT molecular complexity index is 1140. The fourth-order valence-corrected chi connectivity index (χ4v) is 6.00. The largest absolute Gasteiger partial charge is 0.497 e. The number of carbonyl (C=O) groups is 1. The number of carbonyl (C=O) groups excluding carboxylic acids is 1. The number of nitrogens with zero attached hydrogens (tertiary/aromatic N) is 4.